The van der Waals surface area contributed by atoms with Crippen molar-refractivity contribution < 1.29 is 9.90 Å². The number of nitrogens with zero attached hydrogens (tertiary/aromatic N) is 3. The quantitative estimate of drug-likeness (QED) is 0.901. The van der Waals surface area contributed by atoms with E-state index >= 15 is 0 Å². The molecule has 1 aromatic heterocycles. The Labute approximate surface area is 119 Å². The number of piperidine rings is 1. The summed E-state index contributed by atoms with van der Waals surface area (Å²) in [5, 5.41) is 8.96. The fraction of sp³-hybridized carbons (Fsp3) is 0.600. The van der Waals surface area contributed by atoms with Crippen LogP contribution in [0.5, 0.6) is 0 Å². The average molecular weight is 275 g/mol. The lowest BCUT2D eigenvalue weighted by molar-refractivity contribution is 0.132. The van der Waals surface area contributed by atoms with Gasteiger partial charge in [0, 0.05) is 32.4 Å². The molecule has 0 aliphatic carbocycles. The summed E-state index contributed by atoms with van der Waals surface area (Å²) in [6, 6.07) is 4.28. The zero-order valence-electron chi connectivity index (χ0n) is 11.7. The van der Waals surface area contributed by atoms with Gasteiger partial charge in [-0.1, -0.05) is 6.07 Å². The number of anilines is 1. The van der Waals surface area contributed by atoms with Gasteiger partial charge in [0.25, 0.3) is 0 Å². The Morgan fingerprint density at radius 3 is 2.40 bits per heavy atom. The standard InChI is InChI=1S/C15H21N3O2/c19-15(20)18-9-5-12(6-10-18)13-3-4-14(16-11-13)17-7-1-2-8-17/h3-4,11-12H,1-2,5-10H2,(H,19,20). The number of rotatable bonds is 2. The molecular formula is C15H21N3O2. The molecule has 2 saturated heterocycles. The Balaban J connectivity index is 1.62. The molecule has 3 rings (SSSR count). The van der Waals surface area contributed by atoms with Crippen LogP contribution >= 0.6 is 0 Å². The van der Waals surface area contributed by atoms with Crippen molar-refractivity contribution >= 4 is 11.9 Å². The highest BCUT2D eigenvalue weighted by Gasteiger charge is 2.23. The first-order valence-corrected chi connectivity index (χ1v) is 7.43. The number of hydrogen-bond acceptors (Lipinski definition) is 3. The van der Waals surface area contributed by atoms with Crippen LogP contribution in [0.15, 0.2) is 18.3 Å². The summed E-state index contributed by atoms with van der Waals surface area (Å²) in [5.74, 6) is 1.53. The van der Waals surface area contributed by atoms with E-state index in [-0.39, 0.29) is 0 Å². The molecule has 5 heteroatoms. The Hall–Kier alpha value is -1.78. The molecule has 0 atom stereocenters. The van der Waals surface area contributed by atoms with E-state index in [1.807, 2.05) is 6.20 Å². The first-order chi connectivity index (χ1) is 9.74. The molecule has 0 radical (unpaired) electrons. The van der Waals surface area contributed by atoms with Gasteiger partial charge in [-0.25, -0.2) is 9.78 Å². The van der Waals surface area contributed by atoms with Gasteiger partial charge in [-0.15, -0.1) is 0 Å². The maximum Gasteiger partial charge on any atom is 0.407 e. The molecule has 0 bridgehead atoms. The van der Waals surface area contributed by atoms with Crippen molar-refractivity contribution in [2.45, 2.75) is 31.6 Å². The maximum atomic E-state index is 10.9. The molecule has 2 aliphatic heterocycles. The second kappa shape index (κ2) is 5.69. The summed E-state index contributed by atoms with van der Waals surface area (Å²) in [7, 11) is 0. The van der Waals surface area contributed by atoms with Crippen LogP contribution in [0, 0.1) is 0 Å². The van der Waals surface area contributed by atoms with Crippen LogP contribution < -0.4 is 4.90 Å². The molecular weight excluding hydrogens is 254 g/mol. The molecule has 20 heavy (non-hydrogen) atoms. The number of pyridine rings is 1. The second-order valence-electron chi connectivity index (χ2n) is 5.69. The molecule has 1 aromatic rings. The van der Waals surface area contributed by atoms with Crippen LogP contribution in [0.4, 0.5) is 10.6 Å². The molecule has 0 spiro atoms. The molecule has 5 nitrogen and oxygen atoms in total. The first-order valence-electron chi connectivity index (χ1n) is 7.43. The highest BCUT2D eigenvalue weighted by molar-refractivity contribution is 5.65. The number of likely N-dealkylation sites (tertiary alicyclic amines) is 1. The predicted octanol–water partition coefficient (Wildman–Crippen LogP) is 2.54. The Kier molecular flexibility index (Phi) is 3.76. The summed E-state index contributed by atoms with van der Waals surface area (Å²) in [5.41, 5.74) is 1.25. The van der Waals surface area contributed by atoms with Gasteiger partial charge < -0.3 is 14.9 Å². The van der Waals surface area contributed by atoms with Gasteiger partial charge in [-0.2, -0.15) is 0 Å². The molecule has 0 unspecified atom stereocenters. The smallest absolute Gasteiger partial charge is 0.407 e. The van der Waals surface area contributed by atoms with Crippen molar-refractivity contribution in [1.29, 1.82) is 0 Å². The molecule has 2 aliphatic rings. The van der Waals surface area contributed by atoms with E-state index in [1.165, 1.54) is 23.3 Å². The normalized spacial score (nSPS) is 20.4. The summed E-state index contributed by atoms with van der Waals surface area (Å²) in [4.78, 5) is 19.3. The molecule has 2 fully saturated rings. The SMILES string of the molecule is O=C(O)N1CCC(c2ccc(N3CCCC3)nc2)CC1. The van der Waals surface area contributed by atoms with Crippen molar-refractivity contribution in [2.24, 2.45) is 0 Å². The number of hydrogen-bond donors (Lipinski definition) is 1. The fourth-order valence-electron chi connectivity index (χ4n) is 3.18. The van der Waals surface area contributed by atoms with Crippen molar-refractivity contribution in [3.63, 3.8) is 0 Å². The molecule has 0 aromatic carbocycles. The van der Waals surface area contributed by atoms with Crippen molar-refractivity contribution in [3.8, 4) is 0 Å². The van der Waals surface area contributed by atoms with Crippen LogP contribution in [0.25, 0.3) is 0 Å². The van der Waals surface area contributed by atoms with Crippen molar-refractivity contribution in [1.82, 2.24) is 9.88 Å². The molecule has 1 N–H and O–H groups in total. The largest absolute Gasteiger partial charge is 0.465 e. The number of amides is 1. The second-order valence-corrected chi connectivity index (χ2v) is 5.69. The van der Waals surface area contributed by atoms with Gasteiger partial charge in [0.15, 0.2) is 0 Å². The van der Waals surface area contributed by atoms with E-state index in [0.717, 1.165) is 31.7 Å². The molecule has 108 valence electrons. The van der Waals surface area contributed by atoms with E-state index in [9.17, 15) is 4.79 Å². The lowest BCUT2D eigenvalue weighted by Gasteiger charge is -2.30. The third-order valence-corrected chi connectivity index (χ3v) is 4.44. The number of carboxylic acid groups (broad SMARTS) is 1. The summed E-state index contributed by atoms with van der Waals surface area (Å²) >= 11 is 0. The van der Waals surface area contributed by atoms with E-state index in [2.05, 4.69) is 22.0 Å². The topological polar surface area (TPSA) is 56.7 Å². The first kappa shape index (κ1) is 13.2. The van der Waals surface area contributed by atoms with Crippen LogP contribution in [0.1, 0.15) is 37.2 Å². The highest BCUT2D eigenvalue weighted by Crippen LogP contribution is 2.28. The Bertz CT molecular complexity index is 461. The average Bonchev–Trinajstić information content (AvgIpc) is 3.02. The highest BCUT2D eigenvalue weighted by atomic mass is 16.4. The predicted molar refractivity (Wildman–Crippen MR) is 77.3 cm³/mol. The van der Waals surface area contributed by atoms with Crippen LogP contribution in [-0.4, -0.2) is 47.3 Å². The maximum absolute atomic E-state index is 10.9. The molecule has 3 heterocycles. The van der Waals surface area contributed by atoms with Crippen LogP contribution in [0.3, 0.4) is 0 Å². The van der Waals surface area contributed by atoms with Crippen molar-refractivity contribution in [2.75, 3.05) is 31.1 Å². The van der Waals surface area contributed by atoms with Gasteiger partial charge in [0.1, 0.15) is 5.82 Å². The van der Waals surface area contributed by atoms with Gasteiger partial charge >= 0.3 is 6.09 Å². The molecule has 1 amide bonds. The van der Waals surface area contributed by atoms with Gasteiger partial charge in [-0.05, 0) is 43.2 Å². The minimum Gasteiger partial charge on any atom is -0.465 e. The van der Waals surface area contributed by atoms with Gasteiger partial charge in [0.05, 0.1) is 0 Å². The minimum atomic E-state index is -0.800. The summed E-state index contributed by atoms with van der Waals surface area (Å²) < 4.78 is 0. The monoisotopic (exact) mass is 275 g/mol. The Morgan fingerprint density at radius 2 is 1.85 bits per heavy atom. The summed E-state index contributed by atoms with van der Waals surface area (Å²) in [6.07, 6.45) is 5.50. The summed E-state index contributed by atoms with van der Waals surface area (Å²) in [6.45, 7) is 3.49. The number of aromatic nitrogens is 1. The van der Waals surface area contributed by atoms with E-state index in [1.54, 1.807) is 0 Å². The minimum absolute atomic E-state index is 0.450. The van der Waals surface area contributed by atoms with Gasteiger partial charge in [0.2, 0.25) is 0 Å². The van der Waals surface area contributed by atoms with Crippen LogP contribution in [0.2, 0.25) is 0 Å². The molecule has 0 saturated carbocycles. The lowest BCUT2D eigenvalue weighted by Crippen LogP contribution is -2.36. The lowest BCUT2D eigenvalue weighted by atomic mass is 9.91. The van der Waals surface area contributed by atoms with Crippen LogP contribution in [-0.2, 0) is 0 Å². The van der Waals surface area contributed by atoms with E-state index in [4.69, 9.17) is 5.11 Å². The fourth-order valence-corrected chi connectivity index (χ4v) is 3.18. The Morgan fingerprint density at radius 1 is 1.15 bits per heavy atom. The zero-order chi connectivity index (χ0) is 13.9. The third kappa shape index (κ3) is 2.71. The number of carbonyl (C=O) groups is 1. The van der Waals surface area contributed by atoms with E-state index < -0.39 is 6.09 Å². The van der Waals surface area contributed by atoms with Gasteiger partial charge in [-0.3, -0.25) is 0 Å². The van der Waals surface area contributed by atoms with E-state index in [0.29, 0.717) is 19.0 Å². The van der Waals surface area contributed by atoms with Crippen molar-refractivity contribution in [3.05, 3.63) is 23.9 Å². The third-order valence-electron chi connectivity index (χ3n) is 4.44. The zero-order valence-corrected chi connectivity index (χ0v) is 11.7.